The Balaban J connectivity index is 5.14. The zero-order valence-electron chi connectivity index (χ0n) is 11.7. The van der Waals surface area contributed by atoms with Crippen molar-refractivity contribution in [2.45, 2.75) is 72.7 Å². The number of hydrogen-bond acceptors (Lipinski definition) is 3. The summed E-state index contributed by atoms with van der Waals surface area (Å²) in [5.74, 6) is 0. The molecule has 3 N–H and O–H groups in total. The first-order valence-corrected chi connectivity index (χ1v) is 5.96. The van der Waals surface area contributed by atoms with Gasteiger partial charge < -0.3 is 15.3 Å². The van der Waals surface area contributed by atoms with Crippen molar-refractivity contribution in [1.82, 2.24) is 0 Å². The van der Waals surface area contributed by atoms with Crippen LogP contribution in [0, 0.1) is 10.8 Å². The molecule has 0 aromatic carbocycles. The lowest BCUT2D eigenvalue weighted by Crippen LogP contribution is -2.59. The molecule has 3 heteroatoms. The van der Waals surface area contributed by atoms with E-state index in [2.05, 4.69) is 0 Å². The number of aliphatic hydroxyl groups excluding tert-OH is 2. The molecule has 0 spiro atoms. The van der Waals surface area contributed by atoms with Crippen LogP contribution in [0.2, 0.25) is 0 Å². The van der Waals surface area contributed by atoms with Gasteiger partial charge >= 0.3 is 0 Å². The van der Waals surface area contributed by atoms with Crippen molar-refractivity contribution >= 4 is 0 Å². The van der Waals surface area contributed by atoms with E-state index in [1.807, 2.05) is 48.5 Å². The van der Waals surface area contributed by atoms with Crippen LogP contribution in [0.15, 0.2) is 0 Å². The largest absolute Gasteiger partial charge is 0.390 e. The molecule has 98 valence electrons. The summed E-state index contributed by atoms with van der Waals surface area (Å²) in [6.07, 6.45) is -1.68. The van der Waals surface area contributed by atoms with Gasteiger partial charge in [-0.05, 0) is 17.3 Å². The average Bonchev–Trinajstić information content (AvgIpc) is 2.10. The summed E-state index contributed by atoms with van der Waals surface area (Å²) in [4.78, 5) is 0. The monoisotopic (exact) mass is 232 g/mol. The van der Waals surface area contributed by atoms with Gasteiger partial charge in [0.1, 0.15) is 6.10 Å². The number of aliphatic hydroxyl groups is 3. The van der Waals surface area contributed by atoms with Gasteiger partial charge in [0.05, 0.1) is 11.7 Å². The molecule has 0 aromatic heterocycles. The Bertz CT molecular complexity index is 224. The highest BCUT2D eigenvalue weighted by Crippen LogP contribution is 2.39. The molecule has 0 aromatic rings. The first-order chi connectivity index (χ1) is 6.88. The van der Waals surface area contributed by atoms with Gasteiger partial charge in [0.15, 0.2) is 0 Å². The Morgan fingerprint density at radius 1 is 0.875 bits per heavy atom. The minimum Gasteiger partial charge on any atom is -0.390 e. The average molecular weight is 232 g/mol. The van der Waals surface area contributed by atoms with Crippen LogP contribution in [0.4, 0.5) is 0 Å². The fourth-order valence-corrected chi connectivity index (χ4v) is 1.92. The summed E-state index contributed by atoms with van der Waals surface area (Å²) in [5, 5.41) is 30.8. The van der Waals surface area contributed by atoms with Crippen molar-refractivity contribution in [3.63, 3.8) is 0 Å². The van der Waals surface area contributed by atoms with Crippen LogP contribution in [0.1, 0.15) is 54.9 Å². The molecule has 0 bridgehead atoms. The molecule has 0 saturated carbocycles. The molecule has 0 amide bonds. The summed E-state index contributed by atoms with van der Waals surface area (Å²) in [5.41, 5.74) is -2.21. The normalized spacial score (nSPS) is 21.4. The van der Waals surface area contributed by atoms with Crippen LogP contribution in [-0.4, -0.2) is 33.1 Å². The highest BCUT2D eigenvalue weighted by molar-refractivity contribution is 5.00. The Kier molecular flexibility index (Phi) is 4.60. The van der Waals surface area contributed by atoms with Gasteiger partial charge in [-0.2, -0.15) is 0 Å². The predicted octanol–water partition coefficient (Wildman–Crippen LogP) is 1.94. The molecule has 0 saturated heterocycles. The molecule has 16 heavy (non-hydrogen) atoms. The van der Waals surface area contributed by atoms with E-state index in [1.54, 1.807) is 0 Å². The van der Waals surface area contributed by atoms with Gasteiger partial charge in [-0.3, -0.25) is 0 Å². The van der Waals surface area contributed by atoms with Gasteiger partial charge in [-0.15, -0.1) is 0 Å². The van der Waals surface area contributed by atoms with E-state index in [9.17, 15) is 15.3 Å². The third kappa shape index (κ3) is 2.96. The molecule has 3 unspecified atom stereocenters. The van der Waals surface area contributed by atoms with Crippen LogP contribution in [0.5, 0.6) is 0 Å². The first-order valence-electron chi connectivity index (χ1n) is 5.96. The molecule has 3 atom stereocenters. The van der Waals surface area contributed by atoms with Crippen molar-refractivity contribution in [3.05, 3.63) is 0 Å². The number of rotatable bonds is 3. The maximum Gasteiger partial charge on any atom is 0.109 e. The van der Waals surface area contributed by atoms with E-state index in [4.69, 9.17) is 0 Å². The van der Waals surface area contributed by atoms with Gasteiger partial charge in [0.2, 0.25) is 0 Å². The van der Waals surface area contributed by atoms with Crippen LogP contribution in [0.25, 0.3) is 0 Å². The van der Waals surface area contributed by atoms with Crippen LogP contribution < -0.4 is 0 Å². The van der Waals surface area contributed by atoms with Crippen molar-refractivity contribution in [2.75, 3.05) is 0 Å². The molecule has 0 aliphatic rings. The SMILES string of the molecule is CCC(O)(C(O)C(O)C(C)(C)C)C(C)(C)C. The summed E-state index contributed by atoms with van der Waals surface area (Å²) in [7, 11) is 0. The molecular formula is C13H28O3. The summed E-state index contributed by atoms with van der Waals surface area (Å²) >= 11 is 0. The minimum atomic E-state index is -1.28. The fourth-order valence-electron chi connectivity index (χ4n) is 1.92. The lowest BCUT2D eigenvalue weighted by molar-refractivity contribution is -0.194. The maximum atomic E-state index is 10.5. The highest BCUT2D eigenvalue weighted by atomic mass is 16.4. The maximum absolute atomic E-state index is 10.5. The molecule has 0 rings (SSSR count). The Morgan fingerprint density at radius 3 is 1.44 bits per heavy atom. The third-order valence-electron chi connectivity index (χ3n) is 3.51. The Morgan fingerprint density at radius 2 is 1.25 bits per heavy atom. The van der Waals surface area contributed by atoms with E-state index in [1.165, 1.54) is 0 Å². The summed E-state index contributed by atoms with van der Waals surface area (Å²) in [6.45, 7) is 13.0. The molecule has 3 nitrogen and oxygen atoms in total. The zero-order valence-corrected chi connectivity index (χ0v) is 11.7. The predicted molar refractivity (Wildman–Crippen MR) is 66.2 cm³/mol. The molecule has 0 aliphatic heterocycles. The van der Waals surface area contributed by atoms with Crippen molar-refractivity contribution < 1.29 is 15.3 Å². The van der Waals surface area contributed by atoms with E-state index < -0.39 is 28.6 Å². The van der Waals surface area contributed by atoms with E-state index in [0.717, 1.165) is 0 Å². The van der Waals surface area contributed by atoms with Crippen LogP contribution in [0.3, 0.4) is 0 Å². The quantitative estimate of drug-likeness (QED) is 0.697. The van der Waals surface area contributed by atoms with Gasteiger partial charge in [-0.25, -0.2) is 0 Å². The van der Waals surface area contributed by atoms with Crippen LogP contribution in [-0.2, 0) is 0 Å². The zero-order chi connectivity index (χ0) is 13.4. The summed E-state index contributed by atoms with van der Waals surface area (Å²) < 4.78 is 0. The van der Waals surface area contributed by atoms with Gasteiger partial charge in [0.25, 0.3) is 0 Å². The smallest absolute Gasteiger partial charge is 0.109 e. The molecule has 0 heterocycles. The fraction of sp³-hybridized carbons (Fsp3) is 1.00. The molecular weight excluding hydrogens is 204 g/mol. The number of hydrogen-bond donors (Lipinski definition) is 3. The lowest BCUT2D eigenvalue weighted by atomic mass is 9.67. The Labute approximate surface area is 99.5 Å². The molecule has 0 fully saturated rings. The molecule has 0 aliphatic carbocycles. The standard InChI is InChI=1S/C13H28O3/c1-8-13(16,12(5,6)7)10(15)9(14)11(2,3)4/h9-10,14-16H,8H2,1-7H3. The van der Waals surface area contributed by atoms with Crippen molar-refractivity contribution in [1.29, 1.82) is 0 Å². The minimum absolute atomic E-state index is 0.408. The van der Waals surface area contributed by atoms with E-state index in [-0.39, 0.29) is 0 Å². The molecule has 0 radical (unpaired) electrons. The highest BCUT2D eigenvalue weighted by Gasteiger charge is 2.49. The first kappa shape index (κ1) is 15.9. The second-order valence-electron chi connectivity index (χ2n) is 6.78. The topological polar surface area (TPSA) is 60.7 Å². The van der Waals surface area contributed by atoms with Gasteiger partial charge in [-0.1, -0.05) is 48.5 Å². The van der Waals surface area contributed by atoms with Crippen LogP contribution >= 0.6 is 0 Å². The Hall–Kier alpha value is -0.120. The van der Waals surface area contributed by atoms with Gasteiger partial charge in [0, 0.05) is 0 Å². The van der Waals surface area contributed by atoms with E-state index in [0.29, 0.717) is 6.42 Å². The second-order valence-corrected chi connectivity index (χ2v) is 6.78. The van der Waals surface area contributed by atoms with E-state index >= 15 is 0 Å². The lowest BCUT2D eigenvalue weighted by Gasteiger charge is -2.47. The second kappa shape index (κ2) is 4.63. The summed E-state index contributed by atoms with van der Waals surface area (Å²) in [6, 6.07) is 0. The third-order valence-corrected chi connectivity index (χ3v) is 3.51. The van der Waals surface area contributed by atoms with Crippen molar-refractivity contribution in [3.8, 4) is 0 Å². The van der Waals surface area contributed by atoms with Crippen molar-refractivity contribution in [2.24, 2.45) is 10.8 Å².